The lowest BCUT2D eigenvalue weighted by Crippen LogP contribution is -2.54. The molecular formula is C43H61ClN4O5. The van der Waals surface area contributed by atoms with E-state index in [2.05, 4.69) is 24.5 Å². The van der Waals surface area contributed by atoms with Crippen molar-refractivity contribution in [1.29, 1.82) is 0 Å². The van der Waals surface area contributed by atoms with Crippen LogP contribution in [0.1, 0.15) is 134 Å². The van der Waals surface area contributed by atoms with Crippen LogP contribution in [0.2, 0.25) is 5.02 Å². The van der Waals surface area contributed by atoms with E-state index in [1.165, 1.54) is 6.42 Å². The number of nitrogens with one attached hydrogen (secondary N) is 2. The number of hydrogen-bond acceptors (Lipinski definition) is 5. The van der Waals surface area contributed by atoms with E-state index in [0.29, 0.717) is 55.2 Å². The fraction of sp³-hybridized carbons (Fsp3) is 0.581. The molecule has 2 aromatic carbocycles. The van der Waals surface area contributed by atoms with Gasteiger partial charge in [-0.2, -0.15) is 0 Å². The van der Waals surface area contributed by atoms with E-state index in [-0.39, 0.29) is 30.4 Å². The number of rotatable bonds is 21. The van der Waals surface area contributed by atoms with E-state index in [0.717, 1.165) is 81.8 Å². The monoisotopic (exact) mass is 748 g/mol. The Kier molecular flexibility index (Phi) is 17.7. The lowest BCUT2D eigenvalue weighted by molar-refractivity contribution is -0.143. The molecule has 1 heterocycles. The van der Waals surface area contributed by atoms with Gasteiger partial charge in [0.05, 0.1) is 11.6 Å². The highest BCUT2D eigenvalue weighted by molar-refractivity contribution is 6.30. The van der Waals surface area contributed by atoms with E-state index in [4.69, 9.17) is 16.3 Å². The van der Waals surface area contributed by atoms with Gasteiger partial charge in [-0.1, -0.05) is 119 Å². The van der Waals surface area contributed by atoms with Gasteiger partial charge >= 0.3 is 12.0 Å². The summed E-state index contributed by atoms with van der Waals surface area (Å²) in [5.74, 6) is -0.253. The zero-order chi connectivity index (χ0) is 38.0. The van der Waals surface area contributed by atoms with Gasteiger partial charge in [-0.05, 0) is 74.6 Å². The molecular weight excluding hydrogens is 688 g/mol. The van der Waals surface area contributed by atoms with Crippen LogP contribution in [-0.2, 0) is 25.7 Å². The van der Waals surface area contributed by atoms with Gasteiger partial charge in [0.25, 0.3) is 0 Å². The summed E-state index contributed by atoms with van der Waals surface area (Å²) in [6, 6.07) is 15.2. The second kappa shape index (κ2) is 22.4. The molecule has 2 aliphatic rings. The van der Waals surface area contributed by atoms with E-state index >= 15 is 0 Å². The van der Waals surface area contributed by atoms with E-state index < -0.39 is 18.1 Å². The summed E-state index contributed by atoms with van der Waals surface area (Å²) in [6.07, 6.45) is 13.8. The number of hydrogen-bond donors (Lipinski definition) is 2. The van der Waals surface area contributed by atoms with Crippen molar-refractivity contribution in [3.63, 3.8) is 0 Å². The van der Waals surface area contributed by atoms with Crippen molar-refractivity contribution in [3.8, 4) is 0 Å². The smallest absolute Gasteiger partial charge is 0.338 e. The van der Waals surface area contributed by atoms with E-state index in [9.17, 15) is 19.2 Å². The molecule has 2 aromatic rings. The molecule has 2 N–H and O–H groups in total. The zero-order valence-corrected chi connectivity index (χ0v) is 32.9. The Morgan fingerprint density at radius 1 is 0.906 bits per heavy atom. The highest BCUT2D eigenvalue weighted by atomic mass is 35.5. The van der Waals surface area contributed by atoms with Gasteiger partial charge in [-0.15, -0.1) is 0 Å². The zero-order valence-electron chi connectivity index (χ0n) is 32.2. The first kappa shape index (κ1) is 41.9. The first-order valence-electron chi connectivity index (χ1n) is 20.1. The normalized spacial score (nSPS) is 16.9. The maximum atomic E-state index is 14.0. The van der Waals surface area contributed by atoms with Crippen LogP contribution in [-0.4, -0.2) is 59.3 Å². The first-order valence-corrected chi connectivity index (χ1v) is 20.4. The van der Waals surface area contributed by atoms with Gasteiger partial charge < -0.3 is 20.3 Å². The molecule has 1 aliphatic carbocycles. The molecule has 1 saturated carbocycles. The maximum absolute atomic E-state index is 14.0. The summed E-state index contributed by atoms with van der Waals surface area (Å²) in [5, 5.41) is 6.75. The molecule has 1 aliphatic heterocycles. The molecule has 1 fully saturated rings. The molecule has 4 rings (SSSR count). The third kappa shape index (κ3) is 12.6. The molecule has 2 unspecified atom stereocenters. The Bertz CT molecular complexity index is 1490. The SMILES string of the molecule is CCCCCCN(C(=O)CCCCCN1C(=O)NC(c2ccc(Cl)cc2)C(C(=O)OCc2ccccc2)=C1C)C(C(=O)NCCCC)C1CCCCC1. The number of halogens is 1. The van der Waals surface area contributed by atoms with Gasteiger partial charge in [-0.3, -0.25) is 14.5 Å². The predicted octanol–water partition coefficient (Wildman–Crippen LogP) is 9.26. The van der Waals surface area contributed by atoms with Crippen LogP contribution >= 0.6 is 11.6 Å². The van der Waals surface area contributed by atoms with E-state index in [1.807, 2.05) is 35.2 Å². The van der Waals surface area contributed by atoms with Gasteiger partial charge in [0, 0.05) is 36.8 Å². The predicted molar refractivity (Wildman–Crippen MR) is 211 cm³/mol. The largest absolute Gasteiger partial charge is 0.457 e. The Balaban J connectivity index is 1.42. The summed E-state index contributed by atoms with van der Waals surface area (Å²) >= 11 is 6.15. The van der Waals surface area contributed by atoms with Crippen LogP contribution in [0.25, 0.3) is 0 Å². The van der Waals surface area contributed by atoms with Crippen molar-refractivity contribution in [2.75, 3.05) is 19.6 Å². The number of benzene rings is 2. The second-order valence-corrected chi connectivity index (χ2v) is 15.0. The minimum absolute atomic E-state index is 0.00238. The molecule has 0 bridgehead atoms. The number of unbranched alkanes of at least 4 members (excludes halogenated alkanes) is 6. The number of esters is 1. The average Bonchev–Trinajstić information content (AvgIpc) is 3.17. The molecule has 9 nitrogen and oxygen atoms in total. The molecule has 0 spiro atoms. The number of urea groups is 1. The Morgan fingerprint density at radius 3 is 2.30 bits per heavy atom. The number of ether oxygens (including phenoxy) is 1. The van der Waals surface area contributed by atoms with Crippen LogP contribution in [0, 0.1) is 5.92 Å². The van der Waals surface area contributed by atoms with Gasteiger partial charge in [0.15, 0.2) is 0 Å². The minimum atomic E-state index is -0.684. The lowest BCUT2D eigenvalue weighted by Gasteiger charge is -2.38. The molecule has 4 amide bonds. The second-order valence-electron chi connectivity index (χ2n) is 14.6. The number of allylic oxidation sites excluding steroid dienone is 1. The molecule has 0 aromatic heterocycles. The Labute approximate surface area is 322 Å². The quantitative estimate of drug-likeness (QED) is 0.0978. The topological polar surface area (TPSA) is 108 Å². The van der Waals surface area contributed by atoms with Crippen LogP contribution in [0.3, 0.4) is 0 Å². The van der Waals surface area contributed by atoms with Gasteiger partial charge in [0.2, 0.25) is 11.8 Å². The van der Waals surface area contributed by atoms with Gasteiger partial charge in [-0.25, -0.2) is 9.59 Å². The van der Waals surface area contributed by atoms with Crippen molar-refractivity contribution < 1.29 is 23.9 Å². The standard InChI is InChI=1S/C43H61ClN4O5/c1-4-6-8-17-30-48(40(35-21-14-10-15-22-35)41(50)45-28-7-5-2)37(49)23-16-11-18-29-47-32(3)38(42(51)53-31-33-19-12-9-13-20-33)39(46-43(47)52)34-24-26-36(44)27-25-34/h9,12-13,19-20,24-27,35,39-40H,4-8,10-11,14-18,21-23,28-31H2,1-3H3,(H,45,50)(H,46,52). The third-order valence-corrected chi connectivity index (χ3v) is 10.9. The van der Waals surface area contributed by atoms with Crippen LogP contribution in [0.4, 0.5) is 4.79 Å². The number of amides is 4. The lowest BCUT2D eigenvalue weighted by atomic mass is 9.82. The van der Waals surface area contributed by atoms with Crippen LogP contribution in [0.5, 0.6) is 0 Å². The van der Waals surface area contributed by atoms with Gasteiger partial charge in [0.1, 0.15) is 12.6 Å². The average molecular weight is 749 g/mol. The maximum Gasteiger partial charge on any atom is 0.338 e. The van der Waals surface area contributed by atoms with Crippen molar-refractivity contribution in [1.82, 2.24) is 20.4 Å². The van der Waals surface area contributed by atoms with E-state index in [1.54, 1.807) is 36.1 Å². The fourth-order valence-electron chi connectivity index (χ4n) is 7.57. The van der Waals surface area contributed by atoms with Crippen molar-refractivity contribution >= 4 is 35.4 Å². The third-order valence-electron chi connectivity index (χ3n) is 10.6. The minimum Gasteiger partial charge on any atom is -0.457 e. The summed E-state index contributed by atoms with van der Waals surface area (Å²) in [6.45, 7) is 7.83. The number of nitrogens with zero attached hydrogens (tertiary/aromatic N) is 2. The summed E-state index contributed by atoms with van der Waals surface area (Å²) in [4.78, 5) is 58.3. The van der Waals surface area contributed by atoms with Crippen LogP contribution < -0.4 is 10.6 Å². The molecule has 2 atom stereocenters. The number of carbonyl (C=O) groups is 4. The highest BCUT2D eigenvalue weighted by Crippen LogP contribution is 2.33. The Morgan fingerprint density at radius 2 is 1.60 bits per heavy atom. The molecule has 290 valence electrons. The molecule has 53 heavy (non-hydrogen) atoms. The van der Waals surface area contributed by atoms with Crippen molar-refractivity contribution in [2.45, 2.75) is 136 Å². The van der Waals surface area contributed by atoms with Crippen LogP contribution in [0.15, 0.2) is 65.9 Å². The highest BCUT2D eigenvalue weighted by Gasteiger charge is 2.38. The molecule has 0 saturated heterocycles. The number of carbonyl (C=O) groups excluding carboxylic acids is 4. The molecule has 10 heteroatoms. The summed E-state index contributed by atoms with van der Waals surface area (Å²) in [5.41, 5.74) is 2.53. The Hall–Kier alpha value is -3.85. The van der Waals surface area contributed by atoms with Crippen molar-refractivity contribution in [3.05, 3.63) is 82.0 Å². The molecule has 0 radical (unpaired) electrons. The first-order chi connectivity index (χ1) is 25.7. The summed E-state index contributed by atoms with van der Waals surface area (Å²) < 4.78 is 5.77. The fourth-order valence-corrected chi connectivity index (χ4v) is 7.69. The summed E-state index contributed by atoms with van der Waals surface area (Å²) in [7, 11) is 0. The van der Waals surface area contributed by atoms with Crippen molar-refractivity contribution in [2.24, 2.45) is 5.92 Å².